The molecular weight excluding hydrogens is 380 g/mol. The maximum absolute atomic E-state index is 12.8. The monoisotopic (exact) mass is 405 g/mol. The number of fused-ring (bicyclic) bond motifs is 1. The lowest BCUT2D eigenvalue weighted by Crippen LogP contribution is -2.47. The SMILES string of the molecule is O=C1CC(C(=O)N2CCC(Oc3cccc4c3ccn4CC(F)F)CC2)CCN1. The van der Waals surface area contributed by atoms with Crippen LogP contribution in [0.4, 0.5) is 8.78 Å². The van der Waals surface area contributed by atoms with Gasteiger partial charge in [0.25, 0.3) is 6.43 Å². The molecule has 2 aliphatic rings. The molecular formula is C21H25F2N3O3. The Kier molecular flexibility index (Phi) is 5.69. The van der Waals surface area contributed by atoms with Gasteiger partial charge >= 0.3 is 0 Å². The van der Waals surface area contributed by atoms with Crippen LogP contribution in [0.25, 0.3) is 10.9 Å². The molecule has 4 rings (SSSR count). The van der Waals surface area contributed by atoms with Gasteiger partial charge in [0.1, 0.15) is 11.9 Å². The Hall–Kier alpha value is -2.64. The summed E-state index contributed by atoms with van der Waals surface area (Å²) in [7, 11) is 0. The van der Waals surface area contributed by atoms with Crippen molar-refractivity contribution < 1.29 is 23.1 Å². The molecule has 6 nitrogen and oxygen atoms in total. The minimum absolute atomic E-state index is 0.0299. The summed E-state index contributed by atoms with van der Waals surface area (Å²) in [6, 6.07) is 7.28. The molecule has 0 radical (unpaired) electrons. The average molecular weight is 405 g/mol. The van der Waals surface area contributed by atoms with Gasteiger partial charge in [-0.2, -0.15) is 0 Å². The fraction of sp³-hybridized carbons (Fsp3) is 0.524. The Bertz CT molecular complexity index is 890. The van der Waals surface area contributed by atoms with Gasteiger partial charge in [-0.3, -0.25) is 9.59 Å². The van der Waals surface area contributed by atoms with Crippen molar-refractivity contribution >= 4 is 22.7 Å². The zero-order valence-corrected chi connectivity index (χ0v) is 16.2. The molecule has 0 saturated carbocycles. The van der Waals surface area contributed by atoms with E-state index in [2.05, 4.69) is 5.32 Å². The number of hydrogen-bond acceptors (Lipinski definition) is 3. The predicted octanol–water partition coefficient (Wildman–Crippen LogP) is 2.80. The van der Waals surface area contributed by atoms with E-state index in [1.165, 1.54) is 4.57 Å². The molecule has 2 aromatic rings. The van der Waals surface area contributed by atoms with E-state index in [-0.39, 0.29) is 36.8 Å². The van der Waals surface area contributed by atoms with Crippen molar-refractivity contribution in [1.82, 2.24) is 14.8 Å². The van der Waals surface area contributed by atoms with Gasteiger partial charge in [0, 0.05) is 56.4 Å². The molecule has 1 N–H and O–H groups in total. The molecule has 2 saturated heterocycles. The minimum atomic E-state index is -2.41. The number of rotatable bonds is 5. The third kappa shape index (κ3) is 4.36. The third-order valence-electron chi connectivity index (χ3n) is 5.75. The maximum Gasteiger partial charge on any atom is 0.256 e. The summed E-state index contributed by atoms with van der Waals surface area (Å²) in [6.45, 7) is 1.42. The molecule has 1 aromatic heterocycles. The fourth-order valence-electron chi connectivity index (χ4n) is 4.23. The highest BCUT2D eigenvalue weighted by Crippen LogP contribution is 2.30. The number of amides is 2. The molecule has 29 heavy (non-hydrogen) atoms. The van der Waals surface area contributed by atoms with Crippen LogP contribution < -0.4 is 10.1 Å². The van der Waals surface area contributed by atoms with E-state index in [9.17, 15) is 18.4 Å². The highest BCUT2D eigenvalue weighted by atomic mass is 19.3. The number of benzene rings is 1. The number of hydrogen-bond donors (Lipinski definition) is 1. The lowest BCUT2D eigenvalue weighted by molar-refractivity contribution is -0.141. The molecule has 0 spiro atoms. The molecule has 3 heterocycles. The smallest absolute Gasteiger partial charge is 0.256 e. The Labute approximate surface area is 167 Å². The summed E-state index contributed by atoms with van der Waals surface area (Å²) in [5, 5.41) is 3.58. The van der Waals surface area contributed by atoms with Crippen LogP contribution >= 0.6 is 0 Å². The van der Waals surface area contributed by atoms with Crippen LogP contribution in [-0.2, 0) is 16.1 Å². The number of carbonyl (C=O) groups excluding carboxylic acids is 2. The summed E-state index contributed by atoms with van der Waals surface area (Å²) in [6.07, 6.45) is 1.60. The van der Waals surface area contributed by atoms with E-state index in [0.29, 0.717) is 44.6 Å². The molecule has 2 amide bonds. The van der Waals surface area contributed by atoms with E-state index in [1.807, 2.05) is 23.1 Å². The highest BCUT2D eigenvalue weighted by molar-refractivity contribution is 5.87. The molecule has 1 atom stereocenters. The highest BCUT2D eigenvalue weighted by Gasteiger charge is 2.32. The Morgan fingerprint density at radius 1 is 1.21 bits per heavy atom. The van der Waals surface area contributed by atoms with Gasteiger partial charge in [-0.1, -0.05) is 6.07 Å². The second-order valence-electron chi connectivity index (χ2n) is 7.73. The van der Waals surface area contributed by atoms with E-state index >= 15 is 0 Å². The topological polar surface area (TPSA) is 63.6 Å². The van der Waals surface area contributed by atoms with Gasteiger partial charge < -0.3 is 19.5 Å². The van der Waals surface area contributed by atoms with Crippen LogP contribution in [0.3, 0.4) is 0 Å². The first-order valence-corrected chi connectivity index (χ1v) is 10.1. The van der Waals surface area contributed by atoms with Crippen molar-refractivity contribution in [2.24, 2.45) is 5.92 Å². The number of alkyl halides is 2. The second-order valence-corrected chi connectivity index (χ2v) is 7.73. The normalized spacial score (nSPS) is 20.9. The van der Waals surface area contributed by atoms with Crippen LogP contribution in [-0.4, -0.2) is 53.4 Å². The van der Waals surface area contributed by atoms with Crippen molar-refractivity contribution in [3.8, 4) is 5.75 Å². The largest absolute Gasteiger partial charge is 0.490 e. The standard InChI is InChI=1S/C21H25F2N3O3/c22-19(23)13-26-11-7-16-17(26)2-1-3-18(16)29-15-5-9-25(10-6-15)21(28)14-4-8-24-20(27)12-14/h1-3,7,11,14-15,19H,4-6,8-10,12-13H2,(H,24,27). The fourth-order valence-corrected chi connectivity index (χ4v) is 4.23. The van der Waals surface area contributed by atoms with Crippen LogP contribution in [0.2, 0.25) is 0 Å². The molecule has 0 bridgehead atoms. The minimum Gasteiger partial charge on any atom is -0.490 e. The van der Waals surface area contributed by atoms with Crippen molar-refractivity contribution in [3.63, 3.8) is 0 Å². The maximum atomic E-state index is 12.8. The van der Waals surface area contributed by atoms with E-state index in [0.717, 1.165) is 10.9 Å². The van der Waals surface area contributed by atoms with Crippen LogP contribution in [0.15, 0.2) is 30.5 Å². The number of carbonyl (C=O) groups is 2. The van der Waals surface area contributed by atoms with Gasteiger partial charge in [0.2, 0.25) is 11.8 Å². The third-order valence-corrected chi connectivity index (χ3v) is 5.75. The first-order chi connectivity index (χ1) is 14.0. The van der Waals surface area contributed by atoms with E-state index in [4.69, 9.17) is 4.74 Å². The first-order valence-electron chi connectivity index (χ1n) is 10.1. The van der Waals surface area contributed by atoms with Gasteiger partial charge in [-0.25, -0.2) is 8.78 Å². The van der Waals surface area contributed by atoms with Gasteiger partial charge in [-0.05, 0) is 24.6 Å². The number of piperidine rings is 2. The van der Waals surface area contributed by atoms with Crippen molar-refractivity contribution in [1.29, 1.82) is 0 Å². The molecule has 2 aliphatic heterocycles. The number of nitrogens with one attached hydrogen (secondary N) is 1. The zero-order chi connectivity index (χ0) is 20.4. The summed E-state index contributed by atoms with van der Waals surface area (Å²) in [5.74, 6) is 0.470. The van der Waals surface area contributed by atoms with E-state index < -0.39 is 6.43 Å². The number of likely N-dealkylation sites (tertiary alicyclic amines) is 1. The van der Waals surface area contributed by atoms with Gasteiger partial charge in [0.15, 0.2) is 0 Å². The van der Waals surface area contributed by atoms with Crippen LogP contribution in [0.1, 0.15) is 25.7 Å². The van der Waals surface area contributed by atoms with Crippen molar-refractivity contribution in [3.05, 3.63) is 30.5 Å². The number of ether oxygens (including phenoxy) is 1. The molecule has 1 unspecified atom stereocenters. The van der Waals surface area contributed by atoms with Crippen molar-refractivity contribution in [2.75, 3.05) is 19.6 Å². The van der Waals surface area contributed by atoms with Crippen molar-refractivity contribution in [2.45, 2.75) is 44.8 Å². The molecule has 8 heteroatoms. The lowest BCUT2D eigenvalue weighted by atomic mass is 9.94. The predicted molar refractivity (Wildman–Crippen MR) is 104 cm³/mol. The lowest BCUT2D eigenvalue weighted by Gasteiger charge is -2.35. The number of halogens is 2. The molecule has 156 valence electrons. The number of nitrogens with zero attached hydrogens (tertiary/aromatic N) is 2. The summed E-state index contributed by atoms with van der Waals surface area (Å²) < 4.78 is 33.2. The Morgan fingerprint density at radius 2 is 2.00 bits per heavy atom. The zero-order valence-electron chi connectivity index (χ0n) is 16.2. The molecule has 1 aromatic carbocycles. The van der Waals surface area contributed by atoms with E-state index in [1.54, 1.807) is 12.3 Å². The quantitative estimate of drug-likeness (QED) is 0.832. The molecule has 2 fully saturated rings. The van der Waals surface area contributed by atoms with Gasteiger partial charge in [-0.15, -0.1) is 0 Å². The summed E-state index contributed by atoms with van der Waals surface area (Å²) in [4.78, 5) is 26.0. The Morgan fingerprint density at radius 3 is 2.72 bits per heavy atom. The summed E-state index contributed by atoms with van der Waals surface area (Å²) in [5.41, 5.74) is 0.728. The first kappa shape index (κ1) is 19.7. The van der Waals surface area contributed by atoms with Crippen LogP contribution in [0, 0.1) is 5.92 Å². The average Bonchev–Trinajstić information content (AvgIpc) is 3.11. The van der Waals surface area contributed by atoms with Gasteiger partial charge in [0.05, 0.1) is 12.1 Å². The second kappa shape index (κ2) is 8.39. The summed E-state index contributed by atoms with van der Waals surface area (Å²) >= 11 is 0. The molecule has 0 aliphatic carbocycles. The van der Waals surface area contributed by atoms with Crippen LogP contribution in [0.5, 0.6) is 5.75 Å². The Balaban J connectivity index is 1.37. The number of aromatic nitrogens is 1.